The maximum absolute atomic E-state index is 8.51. The molecule has 0 atom stereocenters. The minimum absolute atomic E-state index is 0.361. The van der Waals surface area contributed by atoms with E-state index in [-0.39, 0.29) is 0 Å². The molecule has 0 heterocycles. The standard InChI is InChI=1S/C18H35.C16H33.C14H29.C10H22O.C8H18O.C6H14O/c1-3-5-7-9-11-13-15-17-18-16-14-12-10-8-6-4-2;1-3-5-7-9-11-13-15-16-14-12-10-8-6-4-2;1-3-5-7-9-11-13-14-12-10-8-6-4-2;1-2-3-4-5-6-7-8-9-10-11;1-2-3-4-5-6-7-8-9;1-2-3-4-5-6-7/h17-18H,1,3-16H2,2H3;1,3-16H2,2H3;1,3-14H2,2H3;11H,2-10H2,1H3;9H,2-8H2,1H3;7H,2-6H2,1H3/b18-17-;;;;;. The molecule has 3 nitrogen and oxygen atoms in total. The van der Waals surface area contributed by atoms with Crippen molar-refractivity contribution in [2.75, 3.05) is 19.8 Å². The van der Waals surface area contributed by atoms with E-state index in [0.717, 1.165) is 38.5 Å². The molecule has 0 aliphatic carbocycles. The Kier molecular flexibility index (Phi) is 113. The molecule has 3 N–H and O–H groups in total. The lowest BCUT2D eigenvalue weighted by Gasteiger charge is -2.02. The minimum atomic E-state index is 0.361. The van der Waals surface area contributed by atoms with Gasteiger partial charge in [-0.25, -0.2) is 0 Å². The summed E-state index contributed by atoms with van der Waals surface area (Å²) >= 11 is 0. The largest absolute Gasteiger partial charge is 0.396 e. The van der Waals surface area contributed by atoms with Crippen LogP contribution in [0.15, 0.2) is 12.2 Å². The van der Waals surface area contributed by atoms with E-state index in [1.807, 2.05) is 0 Å². The second kappa shape index (κ2) is 99.0. The molecule has 0 amide bonds. The van der Waals surface area contributed by atoms with Gasteiger partial charge in [0.1, 0.15) is 0 Å². The number of rotatable bonds is 56. The topological polar surface area (TPSA) is 60.7 Å². The Morgan fingerprint density at radius 1 is 0.187 bits per heavy atom. The molecule has 0 bridgehead atoms. The monoisotopic (exact) mass is 1060 g/mol. The molecule has 75 heavy (non-hydrogen) atoms. The van der Waals surface area contributed by atoms with Crippen LogP contribution in [0.2, 0.25) is 0 Å². The summed E-state index contributed by atoms with van der Waals surface area (Å²) in [7, 11) is 0. The first-order valence-electron chi connectivity index (χ1n) is 34.8. The molecular weight excluding hydrogens is 913 g/mol. The van der Waals surface area contributed by atoms with E-state index in [1.165, 1.54) is 334 Å². The third kappa shape index (κ3) is 118. The second-order valence-electron chi connectivity index (χ2n) is 22.4. The van der Waals surface area contributed by atoms with E-state index in [1.54, 1.807) is 0 Å². The first-order valence-corrected chi connectivity index (χ1v) is 34.8. The Hall–Kier alpha value is -0.380. The van der Waals surface area contributed by atoms with E-state index in [9.17, 15) is 0 Å². The maximum Gasteiger partial charge on any atom is 0.0431 e. The third-order valence-electron chi connectivity index (χ3n) is 14.3. The lowest BCUT2D eigenvalue weighted by molar-refractivity contribution is 0.282. The van der Waals surface area contributed by atoms with Crippen LogP contribution in [0.25, 0.3) is 0 Å². The summed E-state index contributed by atoms with van der Waals surface area (Å²) in [5.41, 5.74) is 0. The van der Waals surface area contributed by atoms with Crippen LogP contribution in [-0.2, 0) is 0 Å². The fourth-order valence-electron chi connectivity index (χ4n) is 8.96. The summed E-state index contributed by atoms with van der Waals surface area (Å²) in [4.78, 5) is 0. The van der Waals surface area contributed by atoms with E-state index in [0.29, 0.717) is 19.8 Å². The molecule has 0 fully saturated rings. The highest BCUT2D eigenvalue weighted by Gasteiger charge is 1.95. The predicted octanol–water partition coefficient (Wildman–Crippen LogP) is 25.7. The van der Waals surface area contributed by atoms with Gasteiger partial charge in [-0.3, -0.25) is 0 Å². The summed E-state index contributed by atoms with van der Waals surface area (Å²) in [6.07, 6.45) is 83.1. The van der Waals surface area contributed by atoms with Gasteiger partial charge in [0.15, 0.2) is 0 Å². The average molecular weight is 1060 g/mol. The lowest BCUT2D eigenvalue weighted by Crippen LogP contribution is -1.83. The summed E-state index contributed by atoms with van der Waals surface area (Å²) in [6, 6.07) is 0. The van der Waals surface area contributed by atoms with Crippen molar-refractivity contribution in [1.29, 1.82) is 0 Å². The lowest BCUT2D eigenvalue weighted by atomic mass is 10.0. The van der Waals surface area contributed by atoms with Crippen LogP contribution < -0.4 is 0 Å². The fraction of sp³-hybridized carbons (Fsp3) is 0.931. The van der Waals surface area contributed by atoms with Gasteiger partial charge in [-0.05, 0) is 44.9 Å². The summed E-state index contributed by atoms with van der Waals surface area (Å²) in [5.74, 6) is 0. The van der Waals surface area contributed by atoms with Crippen molar-refractivity contribution in [2.24, 2.45) is 0 Å². The van der Waals surface area contributed by atoms with Crippen molar-refractivity contribution < 1.29 is 15.3 Å². The molecule has 0 aromatic heterocycles. The fourth-order valence-corrected chi connectivity index (χ4v) is 8.96. The second-order valence-corrected chi connectivity index (χ2v) is 22.4. The summed E-state index contributed by atoms with van der Waals surface area (Å²) in [6.45, 7) is 26.2. The highest BCUT2D eigenvalue weighted by atomic mass is 16.3. The van der Waals surface area contributed by atoms with Crippen LogP contribution in [0, 0.1) is 20.8 Å². The van der Waals surface area contributed by atoms with E-state index >= 15 is 0 Å². The number of unbranched alkanes of at least 4 members (excludes halogenated alkanes) is 51. The zero-order chi connectivity index (χ0) is 56.5. The van der Waals surface area contributed by atoms with Gasteiger partial charge in [-0.2, -0.15) is 0 Å². The molecule has 0 rings (SSSR count). The van der Waals surface area contributed by atoms with Crippen LogP contribution in [0.1, 0.15) is 414 Å². The molecule has 3 radical (unpaired) electrons. The smallest absolute Gasteiger partial charge is 0.0431 e. The number of allylic oxidation sites excluding steroid dienone is 2. The van der Waals surface area contributed by atoms with E-state index < -0.39 is 0 Å². The van der Waals surface area contributed by atoms with Crippen molar-refractivity contribution in [2.45, 2.75) is 414 Å². The minimum Gasteiger partial charge on any atom is -0.396 e. The van der Waals surface area contributed by atoms with Gasteiger partial charge in [0, 0.05) is 19.8 Å². The Balaban J connectivity index is -0.000000195. The van der Waals surface area contributed by atoms with E-state index in [4.69, 9.17) is 15.3 Å². The van der Waals surface area contributed by atoms with Crippen LogP contribution >= 0.6 is 0 Å². The van der Waals surface area contributed by atoms with Gasteiger partial charge < -0.3 is 15.3 Å². The van der Waals surface area contributed by atoms with Crippen LogP contribution in [-0.4, -0.2) is 35.1 Å². The number of hydrogen-bond acceptors (Lipinski definition) is 3. The maximum atomic E-state index is 8.51. The highest BCUT2D eigenvalue weighted by molar-refractivity contribution is 4.81. The van der Waals surface area contributed by atoms with Crippen LogP contribution in [0.5, 0.6) is 0 Å². The predicted molar refractivity (Wildman–Crippen MR) is 348 cm³/mol. The average Bonchev–Trinajstić information content (AvgIpc) is 3.42. The van der Waals surface area contributed by atoms with Gasteiger partial charge in [0.2, 0.25) is 0 Å². The van der Waals surface area contributed by atoms with Crippen molar-refractivity contribution in [3.63, 3.8) is 0 Å². The summed E-state index contributed by atoms with van der Waals surface area (Å²) in [5, 5.41) is 25.2. The van der Waals surface area contributed by atoms with Gasteiger partial charge in [0.05, 0.1) is 0 Å². The van der Waals surface area contributed by atoms with Crippen LogP contribution in [0.4, 0.5) is 0 Å². The van der Waals surface area contributed by atoms with Gasteiger partial charge in [-0.15, -0.1) is 0 Å². The molecule has 0 unspecified atom stereocenters. The van der Waals surface area contributed by atoms with Crippen molar-refractivity contribution in [3.05, 3.63) is 32.9 Å². The normalized spacial score (nSPS) is 10.7. The first-order chi connectivity index (χ1) is 37.0. The number of aliphatic hydroxyl groups is 3. The Bertz CT molecular complexity index is 750. The van der Waals surface area contributed by atoms with Crippen LogP contribution in [0.3, 0.4) is 0 Å². The molecular formula is C72H151O3. The first kappa shape index (κ1) is 85.9. The molecule has 0 aliphatic rings. The van der Waals surface area contributed by atoms with E-state index in [2.05, 4.69) is 74.5 Å². The number of hydrogen-bond donors (Lipinski definition) is 3. The van der Waals surface area contributed by atoms with Crippen molar-refractivity contribution >= 4 is 0 Å². The Morgan fingerprint density at radius 2 is 0.320 bits per heavy atom. The van der Waals surface area contributed by atoms with Gasteiger partial charge in [-0.1, -0.05) is 402 Å². The molecule has 0 saturated carbocycles. The molecule has 0 aromatic carbocycles. The highest BCUT2D eigenvalue weighted by Crippen LogP contribution is 2.15. The SMILES string of the molecule is CCCCCCCCCCO.CCCCCCCCO.CCCCCCO.[CH2]CCCCCCC/C=C\CCCCCCCC.[CH2]CCCCCCCCCCCCC.[CH2]CCCCCCCCCCCCCCC. The van der Waals surface area contributed by atoms with Crippen molar-refractivity contribution in [3.8, 4) is 0 Å². The molecule has 0 aromatic rings. The molecule has 0 saturated heterocycles. The molecule has 0 spiro atoms. The Labute approximate surface area is 479 Å². The zero-order valence-electron chi connectivity index (χ0n) is 53.8. The third-order valence-corrected chi connectivity index (χ3v) is 14.3. The molecule has 457 valence electrons. The Morgan fingerprint density at radius 3 is 0.480 bits per heavy atom. The zero-order valence-corrected chi connectivity index (χ0v) is 53.8. The van der Waals surface area contributed by atoms with Gasteiger partial charge >= 0.3 is 0 Å². The van der Waals surface area contributed by atoms with Crippen molar-refractivity contribution in [1.82, 2.24) is 0 Å². The molecule has 3 heteroatoms. The number of aliphatic hydroxyl groups excluding tert-OH is 3. The molecule has 0 aliphatic heterocycles. The quantitative estimate of drug-likeness (QED) is 0.0420. The van der Waals surface area contributed by atoms with Gasteiger partial charge in [0.25, 0.3) is 0 Å². The summed E-state index contributed by atoms with van der Waals surface area (Å²) < 4.78 is 0.